The molecule has 0 aliphatic carbocycles. The first-order valence-corrected chi connectivity index (χ1v) is 20.4. The number of carbonyl (C=O) groups excluding carboxylic acids is 4. The molecule has 0 saturated heterocycles. The highest BCUT2D eigenvalue weighted by atomic mass is 16.6. The summed E-state index contributed by atoms with van der Waals surface area (Å²) >= 11 is 0. The van der Waals surface area contributed by atoms with E-state index in [2.05, 4.69) is 55.4 Å². The van der Waals surface area contributed by atoms with Crippen molar-refractivity contribution < 1.29 is 38.1 Å². The van der Waals surface area contributed by atoms with Crippen LogP contribution in [-0.2, 0) is 38.1 Å². The molecular formula is C42H80O8. The molecule has 0 aromatic heterocycles. The zero-order valence-corrected chi connectivity index (χ0v) is 34.1. The van der Waals surface area contributed by atoms with Crippen LogP contribution in [0.2, 0.25) is 0 Å². The standard InChI is InChI=1S/C37H68O8.C5H12/c1-5-9-13-17-21-25-33(38)42-29-37(30-43-34(39)26-22-18-14-10-6-2,31-44-35(40)27-23-19-15-11-7-3)32-45-36(41)28-24-20-16-12-8-4;1-5(2,3)4/h5-32H2,1-4H3;1-4H3. The summed E-state index contributed by atoms with van der Waals surface area (Å²) in [7, 11) is 0. The molecule has 0 fully saturated rings. The van der Waals surface area contributed by atoms with E-state index in [1.807, 2.05) is 0 Å². The third kappa shape index (κ3) is 37.1. The van der Waals surface area contributed by atoms with Crippen LogP contribution in [0.15, 0.2) is 0 Å². The van der Waals surface area contributed by atoms with E-state index in [9.17, 15) is 19.2 Å². The van der Waals surface area contributed by atoms with Gasteiger partial charge in [-0.05, 0) is 31.1 Å². The Kier molecular flexibility index (Phi) is 34.0. The van der Waals surface area contributed by atoms with Crippen LogP contribution in [0.5, 0.6) is 0 Å². The second kappa shape index (κ2) is 34.0. The van der Waals surface area contributed by atoms with Gasteiger partial charge >= 0.3 is 23.9 Å². The summed E-state index contributed by atoms with van der Waals surface area (Å²) in [4.78, 5) is 50.7. The van der Waals surface area contributed by atoms with E-state index in [1.165, 1.54) is 0 Å². The first kappa shape index (κ1) is 50.0. The first-order valence-electron chi connectivity index (χ1n) is 20.4. The Labute approximate surface area is 308 Å². The molecule has 0 spiro atoms. The van der Waals surface area contributed by atoms with Crippen molar-refractivity contribution in [3.05, 3.63) is 0 Å². The summed E-state index contributed by atoms with van der Waals surface area (Å²) in [5.41, 5.74) is -0.675. The van der Waals surface area contributed by atoms with Crippen LogP contribution in [-0.4, -0.2) is 50.3 Å². The van der Waals surface area contributed by atoms with Crippen LogP contribution in [0.25, 0.3) is 0 Å². The maximum Gasteiger partial charge on any atom is 0.305 e. The molecule has 0 saturated carbocycles. The lowest BCUT2D eigenvalue weighted by Gasteiger charge is -2.31. The van der Waals surface area contributed by atoms with Gasteiger partial charge in [0.15, 0.2) is 0 Å². The van der Waals surface area contributed by atoms with Crippen LogP contribution in [0, 0.1) is 10.8 Å². The molecule has 0 aliphatic rings. The van der Waals surface area contributed by atoms with Gasteiger partial charge in [0.1, 0.15) is 31.8 Å². The van der Waals surface area contributed by atoms with Crippen LogP contribution in [0.1, 0.15) is 209 Å². The second-order valence-corrected chi connectivity index (χ2v) is 15.8. The summed E-state index contributed by atoms with van der Waals surface area (Å²) < 4.78 is 22.7. The van der Waals surface area contributed by atoms with E-state index in [0.717, 1.165) is 128 Å². The molecule has 0 unspecified atom stereocenters. The van der Waals surface area contributed by atoms with E-state index in [0.29, 0.717) is 5.41 Å². The van der Waals surface area contributed by atoms with Crippen LogP contribution >= 0.6 is 0 Å². The van der Waals surface area contributed by atoms with Gasteiger partial charge in [0.25, 0.3) is 0 Å². The summed E-state index contributed by atoms with van der Waals surface area (Å²) in [5, 5.41) is 0. The van der Waals surface area contributed by atoms with Gasteiger partial charge in [0.05, 0.1) is 0 Å². The Morgan fingerprint density at radius 1 is 0.340 bits per heavy atom. The van der Waals surface area contributed by atoms with Crippen molar-refractivity contribution in [2.45, 2.75) is 209 Å². The second-order valence-electron chi connectivity index (χ2n) is 15.8. The van der Waals surface area contributed by atoms with Crippen molar-refractivity contribution in [2.24, 2.45) is 10.8 Å². The Bertz CT molecular complexity index is 701. The van der Waals surface area contributed by atoms with Gasteiger partial charge in [-0.2, -0.15) is 0 Å². The molecule has 0 bridgehead atoms. The lowest BCUT2D eigenvalue weighted by atomic mass is 9.92. The molecule has 0 N–H and O–H groups in total. The van der Waals surface area contributed by atoms with Crippen molar-refractivity contribution >= 4 is 23.9 Å². The highest BCUT2D eigenvalue weighted by Crippen LogP contribution is 2.24. The van der Waals surface area contributed by atoms with E-state index in [4.69, 9.17) is 18.9 Å². The molecule has 0 atom stereocenters. The van der Waals surface area contributed by atoms with Crippen molar-refractivity contribution in [1.82, 2.24) is 0 Å². The molecule has 0 amide bonds. The maximum absolute atomic E-state index is 12.7. The molecule has 50 heavy (non-hydrogen) atoms. The van der Waals surface area contributed by atoms with Gasteiger partial charge in [0.2, 0.25) is 0 Å². The number of hydrogen-bond acceptors (Lipinski definition) is 8. The summed E-state index contributed by atoms with van der Waals surface area (Å²) in [5.74, 6) is -1.43. The average Bonchev–Trinajstić information content (AvgIpc) is 3.06. The van der Waals surface area contributed by atoms with Crippen molar-refractivity contribution in [3.63, 3.8) is 0 Å². The molecular weight excluding hydrogens is 632 g/mol. The largest absolute Gasteiger partial charge is 0.465 e. The van der Waals surface area contributed by atoms with Gasteiger partial charge in [-0.3, -0.25) is 19.2 Å². The maximum atomic E-state index is 12.7. The Hall–Kier alpha value is -2.12. The summed E-state index contributed by atoms with van der Waals surface area (Å²) in [6.45, 7) is 16.7. The normalized spacial score (nSPS) is 11.4. The lowest BCUT2D eigenvalue weighted by molar-refractivity contribution is -0.170. The minimum Gasteiger partial charge on any atom is -0.465 e. The van der Waals surface area contributed by atoms with Crippen molar-refractivity contribution in [1.29, 1.82) is 0 Å². The van der Waals surface area contributed by atoms with Gasteiger partial charge < -0.3 is 18.9 Å². The third-order valence-corrected chi connectivity index (χ3v) is 8.10. The van der Waals surface area contributed by atoms with E-state index in [-0.39, 0.29) is 76.0 Å². The number of carbonyl (C=O) groups is 4. The van der Waals surface area contributed by atoms with Gasteiger partial charge in [-0.25, -0.2) is 0 Å². The van der Waals surface area contributed by atoms with Gasteiger partial charge in [-0.1, -0.05) is 158 Å². The summed E-state index contributed by atoms with van der Waals surface area (Å²) in [6.07, 6.45) is 21.2. The molecule has 8 nitrogen and oxygen atoms in total. The molecule has 8 heteroatoms. The van der Waals surface area contributed by atoms with E-state index >= 15 is 0 Å². The molecule has 0 aromatic carbocycles. The number of rotatable bonds is 32. The fraction of sp³-hybridized carbons (Fsp3) is 0.905. The fourth-order valence-electron chi connectivity index (χ4n) is 4.96. The smallest absolute Gasteiger partial charge is 0.305 e. The lowest BCUT2D eigenvalue weighted by Crippen LogP contribution is -2.44. The number of ether oxygens (including phenoxy) is 4. The number of esters is 4. The topological polar surface area (TPSA) is 105 Å². The molecule has 0 aliphatic heterocycles. The molecule has 0 rings (SSSR count). The third-order valence-electron chi connectivity index (χ3n) is 8.10. The number of hydrogen-bond donors (Lipinski definition) is 0. The zero-order chi connectivity index (χ0) is 37.9. The molecule has 0 heterocycles. The SMILES string of the molecule is CC(C)(C)C.CCCCCCCC(=O)OCC(COC(=O)CCCCCCC)(COC(=O)CCCCCCC)COC(=O)CCCCCCC. The van der Waals surface area contributed by atoms with E-state index < -0.39 is 5.41 Å². The zero-order valence-electron chi connectivity index (χ0n) is 34.1. The molecule has 0 aromatic rings. The Morgan fingerprint density at radius 2 is 0.520 bits per heavy atom. The van der Waals surface area contributed by atoms with Crippen LogP contribution in [0.4, 0.5) is 0 Å². The van der Waals surface area contributed by atoms with Crippen molar-refractivity contribution in [3.8, 4) is 0 Å². The minimum absolute atomic E-state index is 0.169. The number of unbranched alkanes of at least 4 members (excludes halogenated alkanes) is 16. The minimum atomic E-state index is -1.18. The summed E-state index contributed by atoms with van der Waals surface area (Å²) in [6, 6.07) is 0. The predicted molar refractivity (Wildman–Crippen MR) is 205 cm³/mol. The van der Waals surface area contributed by atoms with Gasteiger partial charge in [-0.15, -0.1) is 0 Å². The van der Waals surface area contributed by atoms with Gasteiger partial charge in [0, 0.05) is 25.7 Å². The molecule has 296 valence electrons. The highest BCUT2D eigenvalue weighted by Gasteiger charge is 2.38. The van der Waals surface area contributed by atoms with E-state index in [1.54, 1.807) is 0 Å². The molecule has 0 radical (unpaired) electrons. The van der Waals surface area contributed by atoms with Crippen LogP contribution < -0.4 is 0 Å². The Balaban J connectivity index is 0. The average molecular weight is 713 g/mol. The predicted octanol–water partition coefficient (Wildman–Crippen LogP) is 11.6. The Morgan fingerprint density at radius 3 is 0.700 bits per heavy atom. The first-order chi connectivity index (χ1) is 23.8. The fourth-order valence-corrected chi connectivity index (χ4v) is 4.96. The highest BCUT2D eigenvalue weighted by molar-refractivity contribution is 5.71. The van der Waals surface area contributed by atoms with Crippen LogP contribution in [0.3, 0.4) is 0 Å². The quantitative estimate of drug-likeness (QED) is 0.0385. The monoisotopic (exact) mass is 713 g/mol. The van der Waals surface area contributed by atoms with Crippen molar-refractivity contribution in [2.75, 3.05) is 26.4 Å².